The maximum atomic E-state index is 12.1. The number of hydrogen-bond acceptors (Lipinski definition) is 10. The van der Waals surface area contributed by atoms with Gasteiger partial charge in [-0.2, -0.15) is 0 Å². The number of halogens is 10. The average molecular weight is 1500 g/mol. The van der Waals surface area contributed by atoms with Gasteiger partial charge in [0.1, 0.15) is 91.6 Å². The Balaban J connectivity index is -0.0000000869. The molecule has 24 nitrogen and oxygen atoms in total. The van der Waals surface area contributed by atoms with Crippen LogP contribution in [0.25, 0.3) is 0 Å². The molecule has 0 unspecified atom stereocenters. The first-order chi connectivity index (χ1) is 35.8. The van der Waals surface area contributed by atoms with Crippen molar-refractivity contribution >= 4 is 23.6 Å². The lowest BCUT2D eigenvalue weighted by molar-refractivity contribution is -1.00. The van der Waals surface area contributed by atoms with Crippen molar-refractivity contribution in [3.05, 3.63) is 0 Å². The molecule has 2 fully saturated rings. The van der Waals surface area contributed by atoms with Gasteiger partial charge in [0.2, 0.25) is 11.8 Å². The number of nitrogens with two attached hydrogens (primary N) is 4. The highest BCUT2D eigenvalue weighted by atomic mass is 35.5. The minimum Gasteiger partial charge on any atom is -1.00 e. The molecule has 2 aliphatic rings. The van der Waals surface area contributed by atoms with Crippen LogP contribution >= 0.6 is 0 Å². The van der Waals surface area contributed by atoms with E-state index in [1.54, 1.807) is 0 Å². The summed E-state index contributed by atoms with van der Waals surface area (Å²) in [6.45, 7) is 23.6. The van der Waals surface area contributed by atoms with Gasteiger partial charge in [-0.25, -0.2) is 23.4 Å². The van der Waals surface area contributed by atoms with Crippen molar-refractivity contribution in [1.82, 2.24) is 31.9 Å². The van der Waals surface area contributed by atoms with Crippen molar-refractivity contribution in [3.8, 4) is 0 Å². The van der Waals surface area contributed by atoms with Crippen molar-refractivity contribution in [2.45, 2.75) is 38.5 Å². The Morgan fingerprint density at radius 2 is 0.663 bits per heavy atom. The second-order valence-corrected chi connectivity index (χ2v) is 30.3. The van der Waals surface area contributed by atoms with Crippen LogP contribution in [0.15, 0.2) is 0 Å². The third-order valence-electron chi connectivity index (χ3n) is 15.6. The zero-order chi connectivity index (χ0) is 61.6. The van der Waals surface area contributed by atoms with Gasteiger partial charge in [-0.1, -0.05) is 0 Å². The number of carbonyl (C=O) groups excluding carboxylic acids is 4. The normalized spacial score (nSPS) is 16.6. The molecule has 89 heavy (non-hydrogen) atoms. The van der Waals surface area contributed by atoms with Gasteiger partial charge in [0.25, 0.3) is 11.8 Å². The molecule has 0 bridgehead atoms. The first kappa shape index (κ1) is 116. The van der Waals surface area contributed by atoms with Crippen molar-refractivity contribution < 1.29 is 188 Å². The van der Waals surface area contributed by atoms with Gasteiger partial charge < -0.3 is 174 Å². The lowest BCUT2D eigenvalue weighted by Crippen LogP contribution is -3.00. The van der Waals surface area contributed by atoms with Crippen LogP contribution < -0.4 is 174 Å². The summed E-state index contributed by atoms with van der Waals surface area (Å²) in [7, 11) is 46.9. The molecule has 0 aromatic carbocycles. The Labute approximate surface area is 606 Å². The number of piperazine rings is 1. The Bertz CT molecular complexity index is 1670. The Morgan fingerprint density at radius 3 is 0.978 bits per heavy atom. The van der Waals surface area contributed by atoms with Gasteiger partial charge >= 0.3 is 0 Å². The molecule has 2 saturated heterocycles. The summed E-state index contributed by atoms with van der Waals surface area (Å²) in [5, 5.41) is 3.41. The molecule has 13 N–H and O–H groups in total. The average Bonchev–Trinajstić information content (AvgIpc) is 3.32. The molecule has 2 rings (SSSR count). The molecule has 0 aromatic rings. The molecule has 2 aliphatic heterocycles. The van der Waals surface area contributed by atoms with Gasteiger partial charge in [0, 0.05) is 19.5 Å². The molecule has 0 spiro atoms. The third-order valence-corrected chi connectivity index (χ3v) is 15.6. The molecule has 0 aliphatic carbocycles. The number of rotatable bonds is 26. The van der Waals surface area contributed by atoms with E-state index in [9.17, 15) is 19.2 Å². The SMILES string of the molecule is C[N+](C)(C)CCCCCNCCCCC(=O)NN.C[N+](C)(C)CC[N+](CC[N+](C)(C)C)(CC[N+](C)(C)C)CC(=O)NN.C[N+]1(C)CCN(CC(=O)NN)CC[N+](C)(C)CC[N+](C)(C)CC1.C[N+]1(C)CC[N+](C)(CC(=O)NN)CC1.[Cl-].[Cl-].[Cl-].[Cl-].[Cl-].[Cl-].[Cl-].[Cl-].[Cl-].[Cl-]. The minimum atomic E-state index is -0.106. The van der Waals surface area contributed by atoms with E-state index in [0.717, 1.165) is 175 Å². The predicted molar refractivity (Wildman–Crippen MR) is 326 cm³/mol. The van der Waals surface area contributed by atoms with Crippen molar-refractivity contribution in [3.63, 3.8) is 0 Å². The number of quaternary nitrogens is 10. The summed E-state index contributed by atoms with van der Waals surface area (Å²) >= 11 is 0. The summed E-state index contributed by atoms with van der Waals surface area (Å²) in [5.41, 5.74) is 8.94. The highest BCUT2D eigenvalue weighted by Crippen LogP contribution is 2.15. The number of likely N-dealkylation sites (N-methyl/N-ethyl adjacent to an activating group) is 8. The van der Waals surface area contributed by atoms with Gasteiger partial charge in [-0.05, 0) is 45.2 Å². The van der Waals surface area contributed by atoms with Gasteiger partial charge in [-0.3, -0.25) is 45.8 Å². The van der Waals surface area contributed by atoms with Gasteiger partial charge in [-0.15, -0.1) is 0 Å². The fourth-order valence-corrected chi connectivity index (χ4v) is 8.76. The van der Waals surface area contributed by atoms with E-state index in [1.165, 1.54) is 38.9 Å². The van der Waals surface area contributed by atoms with E-state index >= 15 is 0 Å². The smallest absolute Gasteiger partial charge is 0.289 e. The van der Waals surface area contributed by atoms with Gasteiger partial charge in [0.15, 0.2) is 13.1 Å². The molecular weight excluding hydrogens is 1360 g/mol. The first-order valence-corrected chi connectivity index (χ1v) is 29.4. The second-order valence-electron chi connectivity index (χ2n) is 30.3. The summed E-state index contributed by atoms with van der Waals surface area (Å²) in [6.07, 6.45) is 6.29. The fourth-order valence-electron chi connectivity index (χ4n) is 8.76. The standard InChI is InChI=1S/C17H43N6O.C16H38N6O.C13H30N4O.C9H21N4O.10ClH/c1-20(2,3)10-13-23(16-17(24)19-18,14-11-21(4,5)6)15-12-22(7,8)9;1-20(2)9-7-19(15-16(23)18-17)8-10-21(3,4)12-14-22(5,6)13-11-20;1-17(2,3)12-8-4-6-10-15-11-7-5-9-13(18)16-14;1-12(2)4-6-13(3,7-5-12)8-9(14)11-10;;;;;;;;;;/h10-16,18H2,1-9H3;7-15,17H2,1-6H3;15H,4-12,14H2,1-3H3;4-8,10H2,1-3H3;10*1H/q+3;+2;;+1;;;;;;;;;;/p-6. The van der Waals surface area contributed by atoms with Crippen LogP contribution in [0, 0.1) is 0 Å². The third kappa shape index (κ3) is 69.3. The summed E-state index contributed by atoms with van der Waals surface area (Å²) in [6, 6.07) is 0. The number of hydrazine groups is 4. The zero-order valence-corrected chi connectivity index (χ0v) is 66.9. The summed E-state index contributed by atoms with van der Waals surface area (Å²) in [5.74, 6) is 20.4. The minimum absolute atomic E-state index is 0. The lowest BCUT2D eigenvalue weighted by Gasteiger charge is -2.43. The molecule has 2 heterocycles. The molecule has 4 amide bonds. The molecule has 0 atom stereocenters. The van der Waals surface area contributed by atoms with E-state index in [0.29, 0.717) is 26.1 Å². The largest absolute Gasteiger partial charge is 1.00 e. The van der Waals surface area contributed by atoms with Crippen LogP contribution in [-0.4, -0.2) is 378 Å². The summed E-state index contributed by atoms with van der Waals surface area (Å²) < 4.78 is 9.46. The number of nitrogens with zero attached hydrogens (tertiary/aromatic N) is 11. The van der Waals surface area contributed by atoms with Crippen molar-refractivity contribution in [2.24, 2.45) is 23.4 Å². The van der Waals surface area contributed by atoms with E-state index in [-0.39, 0.29) is 148 Å². The molecule has 0 radical (unpaired) electrons. The number of hydrogen-bond donors (Lipinski definition) is 9. The van der Waals surface area contributed by atoms with Crippen LogP contribution in [-0.2, 0) is 19.2 Å². The quantitative estimate of drug-likeness (QED) is 0.0131. The van der Waals surface area contributed by atoms with E-state index < -0.39 is 0 Å². The Hall–Kier alpha value is 0.140. The molecule has 0 saturated carbocycles. The maximum absolute atomic E-state index is 12.1. The van der Waals surface area contributed by atoms with Crippen LogP contribution in [0.1, 0.15) is 38.5 Å². The van der Waals surface area contributed by atoms with E-state index in [1.807, 2.05) is 0 Å². The monoisotopic (exact) mass is 1490 g/mol. The predicted octanol–water partition coefficient (Wildman–Crippen LogP) is -33.4. The van der Waals surface area contributed by atoms with Crippen molar-refractivity contribution in [2.75, 3.05) is 305 Å². The molecule has 550 valence electrons. The highest BCUT2D eigenvalue weighted by Gasteiger charge is 2.37. The van der Waals surface area contributed by atoms with Crippen LogP contribution in [0.4, 0.5) is 0 Å². The highest BCUT2D eigenvalue weighted by molar-refractivity contribution is 5.77. The Morgan fingerprint density at radius 1 is 0.360 bits per heavy atom. The van der Waals surface area contributed by atoms with E-state index in [2.05, 4.69) is 180 Å². The summed E-state index contributed by atoms with van der Waals surface area (Å²) in [4.78, 5) is 48.1. The van der Waals surface area contributed by atoms with Crippen LogP contribution in [0.2, 0.25) is 0 Å². The molecule has 0 aromatic heterocycles. The molecule has 34 heteroatoms. The number of amides is 4. The van der Waals surface area contributed by atoms with Crippen molar-refractivity contribution in [1.29, 1.82) is 0 Å². The Kier molecular flexibility index (Phi) is 72.1. The fraction of sp³-hybridized carbons (Fsp3) is 0.927. The first-order valence-electron chi connectivity index (χ1n) is 29.4. The number of unbranched alkanes of at least 4 members (excludes halogenated alkanes) is 3. The zero-order valence-electron chi connectivity index (χ0n) is 59.4. The van der Waals surface area contributed by atoms with Crippen LogP contribution in [0.3, 0.4) is 0 Å². The second kappa shape index (κ2) is 55.2. The number of carbonyl (C=O) groups is 4. The number of nitrogens with one attached hydrogen (secondary N) is 5. The van der Waals surface area contributed by atoms with Gasteiger partial charge in [0.05, 0.1) is 174 Å². The lowest BCUT2D eigenvalue weighted by atomic mass is 10.2. The maximum Gasteiger partial charge on any atom is 0.289 e. The molecular formula is C55H136Cl10N20O4. The van der Waals surface area contributed by atoms with E-state index in [4.69, 9.17) is 23.4 Å². The van der Waals surface area contributed by atoms with Crippen LogP contribution in [0.5, 0.6) is 0 Å². The topological polar surface area (TPSA) is 236 Å².